The Labute approximate surface area is 147 Å². The Hall–Kier alpha value is -3.82. The van der Waals surface area contributed by atoms with Crippen LogP contribution in [0.15, 0.2) is 35.4 Å². The molecule has 136 valence electrons. The highest BCUT2D eigenvalue weighted by molar-refractivity contribution is 5.97. The molecule has 0 atom stereocenters. The van der Waals surface area contributed by atoms with E-state index in [2.05, 4.69) is 10.5 Å². The maximum atomic E-state index is 12.0. The van der Waals surface area contributed by atoms with Crippen molar-refractivity contribution in [2.24, 2.45) is 5.10 Å². The molecule has 0 fully saturated rings. The van der Waals surface area contributed by atoms with Crippen molar-refractivity contribution >= 4 is 17.8 Å². The summed E-state index contributed by atoms with van der Waals surface area (Å²) in [5.74, 6) is -1.33. The molecule has 0 bridgehead atoms. The lowest BCUT2D eigenvalue weighted by Crippen LogP contribution is -2.17. The van der Waals surface area contributed by atoms with E-state index in [-0.39, 0.29) is 22.6 Å². The molecule has 2 aromatic rings. The second kappa shape index (κ2) is 7.83. The third-order valence-electron chi connectivity index (χ3n) is 3.32. The van der Waals surface area contributed by atoms with Gasteiger partial charge in [0.15, 0.2) is 5.75 Å². The Morgan fingerprint density at radius 2 is 1.96 bits per heavy atom. The number of carbonyl (C=O) groups is 1. The Balaban J connectivity index is 2.19. The van der Waals surface area contributed by atoms with Gasteiger partial charge in [-0.3, -0.25) is 14.9 Å². The summed E-state index contributed by atoms with van der Waals surface area (Å²) in [5.41, 5.74) is 1.80. The predicted molar refractivity (Wildman–Crippen MR) is 91.0 cm³/mol. The SMILES string of the molecule is COc1ccc(C(=O)N/N=C\c2cc(OC)c(O)c([N+](=O)[O-])c2)c(O)c1. The molecule has 26 heavy (non-hydrogen) atoms. The van der Waals surface area contributed by atoms with E-state index in [9.17, 15) is 25.1 Å². The fourth-order valence-electron chi connectivity index (χ4n) is 2.04. The van der Waals surface area contributed by atoms with Gasteiger partial charge < -0.3 is 19.7 Å². The fraction of sp³-hybridized carbons (Fsp3) is 0.125. The lowest BCUT2D eigenvalue weighted by Gasteiger charge is -2.06. The van der Waals surface area contributed by atoms with E-state index < -0.39 is 22.3 Å². The van der Waals surface area contributed by atoms with Crippen LogP contribution < -0.4 is 14.9 Å². The molecule has 2 rings (SSSR count). The van der Waals surface area contributed by atoms with Crippen molar-refractivity contribution < 1.29 is 29.4 Å². The van der Waals surface area contributed by atoms with Crippen LogP contribution in [-0.4, -0.2) is 41.5 Å². The minimum absolute atomic E-state index is 0.0304. The summed E-state index contributed by atoms with van der Waals surface area (Å²) in [7, 11) is 2.66. The maximum absolute atomic E-state index is 12.0. The van der Waals surface area contributed by atoms with Gasteiger partial charge in [-0.05, 0) is 18.2 Å². The van der Waals surface area contributed by atoms with Gasteiger partial charge in [-0.2, -0.15) is 5.10 Å². The van der Waals surface area contributed by atoms with E-state index in [1.807, 2.05) is 0 Å². The van der Waals surface area contributed by atoms with E-state index in [1.165, 1.54) is 38.5 Å². The van der Waals surface area contributed by atoms with E-state index in [0.29, 0.717) is 5.75 Å². The molecule has 0 heterocycles. The molecule has 0 unspecified atom stereocenters. The first-order valence-electron chi connectivity index (χ1n) is 7.13. The first kappa shape index (κ1) is 18.5. The molecule has 10 heteroatoms. The summed E-state index contributed by atoms with van der Waals surface area (Å²) in [6.45, 7) is 0. The molecular weight excluding hydrogens is 346 g/mol. The van der Waals surface area contributed by atoms with E-state index in [1.54, 1.807) is 0 Å². The Bertz CT molecular complexity index is 880. The van der Waals surface area contributed by atoms with Crippen molar-refractivity contribution in [2.45, 2.75) is 0 Å². The van der Waals surface area contributed by atoms with Crippen LogP contribution in [0.5, 0.6) is 23.0 Å². The zero-order valence-electron chi connectivity index (χ0n) is 13.8. The molecule has 0 aliphatic heterocycles. The standard InChI is InChI=1S/C16H15N3O7/c1-25-10-3-4-11(13(20)7-10)16(22)18-17-8-9-5-12(19(23)24)15(21)14(6-9)26-2/h3-8,20-21H,1-2H3,(H,18,22)/b17-8-. The minimum atomic E-state index is -0.775. The fourth-order valence-corrected chi connectivity index (χ4v) is 2.04. The summed E-state index contributed by atoms with van der Waals surface area (Å²) in [4.78, 5) is 22.2. The minimum Gasteiger partial charge on any atom is -0.507 e. The number of carbonyl (C=O) groups excluding carboxylic acids is 1. The van der Waals surface area contributed by atoms with Crippen molar-refractivity contribution in [3.05, 3.63) is 51.6 Å². The number of nitrogens with one attached hydrogen (secondary N) is 1. The van der Waals surface area contributed by atoms with Gasteiger partial charge in [0.1, 0.15) is 11.5 Å². The van der Waals surface area contributed by atoms with Crippen LogP contribution in [0.1, 0.15) is 15.9 Å². The van der Waals surface area contributed by atoms with Gasteiger partial charge in [0, 0.05) is 17.7 Å². The smallest absolute Gasteiger partial charge is 0.315 e. The highest BCUT2D eigenvalue weighted by Gasteiger charge is 2.19. The predicted octanol–water partition coefficient (Wildman–Crippen LogP) is 1.79. The number of benzene rings is 2. The van der Waals surface area contributed by atoms with Crippen LogP contribution in [-0.2, 0) is 0 Å². The van der Waals surface area contributed by atoms with Crippen LogP contribution >= 0.6 is 0 Å². The molecular formula is C16H15N3O7. The number of phenolic OH excluding ortho intramolecular Hbond substituents is 2. The first-order chi connectivity index (χ1) is 12.4. The van der Waals surface area contributed by atoms with Crippen LogP contribution in [0.4, 0.5) is 5.69 Å². The molecule has 2 aromatic carbocycles. The zero-order chi connectivity index (χ0) is 19.3. The van der Waals surface area contributed by atoms with Crippen molar-refractivity contribution in [2.75, 3.05) is 14.2 Å². The highest BCUT2D eigenvalue weighted by Crippen LogP contribution is 2.36. The largest absolute Gasteiger partial charge is 0.507 e. The summed E-state index contributed by atoms with van der Waals surface area (Å²) in [5, 5.41) is 34.1. The van der Waals surface area contributed by atoms with E-state index >= 15 is 0 Å². The third kappa shape index (κ3) is 3.98. The van der Waals surface area contributed by atoms with Gasteiger partial charge >= 0.3 is 5.69 Å². The Morgan fingerprint density at radius 1 is 1.23 bits per heavy atom. The first-order valence-corrected chi connectivity index (χ1v) is 7.13. The second-order valence-corrected chi connectivity index (χ2v) is 4.93. The topological polar surface area (TPSA) is 144 Å². The highest BCUT2D eigenvalue weighted by atomic mass is 16.6. The molecule has 0 saturated carbocycles. The number of nitro benzene ring substituents is 1. The van der Waals surface area contributed by atoms with Crippen LogP contribution in [0.2, 0.25) is 0 Å². The van der Waals surface area contributed by atoms with E-state index in [4.69, 9.17) is 9.47 Å². The molecule has 10 nitrogen and oxygen atoms in total. The number of amides is 1. The number of nitro groups is 1. The molecule has 0 aliphatic rings. The van der Waals surface area contributed by atoms with Gasteiger partial charge in [-0.25, -0.2) is 5.43 Å². The maximum Gasteiger partial charge on any atom is 0.315 e. The second-order valence-electron chi connectivity index (χ2n) is 4.93. The Morgan fingerprint density at radius 3 is 2.54 bits per heavy atom. The number of hydrazone groups is 1. The van der Waals surface area contributed by atoms with Gasteiger partial charge in [-0.1, -0.05) is 0 Å². The van der Waals surface area contributed by atoms with Gasteiger partial charge in [0.2, 0.25) is 5.75 Å². The number of rotatable bonds is 6. The lowest BCUT2D eigenvalue weighted by molar-refractivity contribution is -0.386. The van der Waals surface area contributed by atoms with Gasteiger partial charge in [0.25, 0.3) is 5.91 Å². The number of ether oxygens (including phenoxy) is 2. The van der Waals surface area contributed by atoms with Gasteiger partial charge in [0.05, 0.1) is 30.9 Å². The van der Waals surface area contributed by atoms with Crippen molar-refractivity contribution in [1.82, 2.24) is 5.43 Å². The van der Waals surface area contributed by atoms with Crippen molar-refractivity contribution in [3.63, 3.8) is 0 Å². The molecule has 0 spiro atoms. The molecule has 0 radical (unpaired) electrons. The number of nitrogens with zero attached hydrogens (tertiary/aromatic N) is 2. The van der Waals surface area contributed by atoms with Crippen LogP contribution in [0, 0.1) is 10.1 Å². The quantitative estimate of drug-likeness (QED) is 0.404. The number of methoxy groups -OCH3 is 2. The van der Waals surface area contributed by atoms with Gasteiger partial charge in [-0.15, -0.1) is 0 Å². The van der Waals surface area contributed by atoms with Crippen LogP contribution in [0.25, 0.3) is 0 Å². The lowest BCUT2D eigenvalue weighted by atomic mass is 10.2. The monoisotopic (exact) mass is 361 g/mol. The summed E-state index contributed by atoms with van der Waals surface area (Å²) in [6.07, 6.45) is 1.13. The van der Waals surface area contributed by atoms with Crippen LogP contribution in [0.3, 0.4) is 0 Å². The van der Waals surface area contributed by atoms with E-state index in [0.717, 1.165) is 12.3 Å². The normalized spacial score (nSPS) is 10.5. The molecule has 0 aliphatic carbocycles. The van der Waals surface area contributed by atoms with Crippen molar-refractivity contribution in [1.29, 1.82) is 0 Å². The Kier molecular flexibility index (Phi) is 5.58. The summed E-state index contributed by atoms with van der Waals surface area (Å²) < 4.78 is 9.78. The number of hydrogen-bond acceptors (Lipinski definition) is 8. The average molecular weight is 361 g/mol. The summed E-state index contributed by atoms with van der Waals surface area (Å²) >= 11 is 0. The number of aromatic hydroxyl groups is 2. The molecule has 3 N–H and O–H groups in total. The number of hydrogen-bond donors (Lipinski definition) is 3. The molecule has 0 aromatic heterocycles. The average Bonchev–Trinajstić information content (AvgIpc) is 2.62. The number of phenols is 2. The molecule has 1 amide bonds. The zero-order valence-corrected chi connectivity index (χ0v) is 13.8. The summed E-state index contributed by atoms with van der Waals surface area (Å²) in [6, 6.07) is 6.49. The molecule has 0 saturated heterocycles. The van der Waals surface area contributed by atoms with Crippen molar-refractivity contribution in [3.8, 4) is 23.0 Å². The third-order valence-corrected chi connectivity index (χ3v) is 3.32.